The van der Waals surface area contributed by atoms with Crippen molar-refractivity contribution in [3.63, 3.8) is 0 Å². The summed E-state index contributed by atoms with van der Waals surface area (Å²) in [6, 6.07) is 15.9. The van der Waals surface area contributed by atoms with Gasteiger partial charge in [-0.05, 0) is 30.5 Å². The quantitative estimate of drug-likeness (QED) is 0.137. The number of primary amides is 1. The van der Waals surface area contributed by atoms with Crippen LogP contribution in [0.1, 0.15) is 28.8 Å². The van der Waals surface area contributed by atoms with Gasteiger partial charge in [-0.1, -0.05) is 48.5 Å². The molecule has 2 aromatic carbocycles. The average Bonchev–Trinajstić information content (AvgIpc) is 2.76. The highest BCUT2D eigenvalue weighted by molar-refractivity contribution is 5.98. The van der Waals surface area contributed by atoms with E-state index in [1.54, 1.807) is 30.3 Å². The lowest BCUT2D eigenvalue weighted by Crippen LogP contribution is -3.00. The molecule has 2 atom stereocenters. The fraction of sp³-hybridized carbons (Fsp3) is 0.273. The summed E-state index contributed by atoms with van der Waals surface area (Å²) in [6.45, 7) is 0.302. The second-order valence-corrected chi connectivity index (χ2v) is 6.99. The van der Waals surface area contributed by atoms with E-state index in [0.717, 1.165) is 5.56 Å². The van der Waals surface area contributed by atoms with Gasteiger partial charge in [-0.2, -0.15) is 0 Å². The van der Waals surface area contributed by atoms with E-state index in [0.29, 0.717) is 18.5 Å². The molecule has 0 aromatic heterocycles. The number of halogens is 1. The zero-order chi connectivity index (χ0) is 22.6. The highest BCUT2D eigenvalue weighted by Crippen LogP contribution is 2.07. The van der Waals surface area contributed by atoms with Crippen LogP contribution in [-0.4, -0.2) is 42.3 Å². The SMILES string of the molecule is NC(=O)[C@H](Cc1ccccc1)NC(=O)[C@H](CCCN=C(N)N)NC(=O)c1ccccc1.[Cl-]. The van der Waals surface area contributed by atoms with Gasteiger partial charge in [-0.25, -0.2) is 0 Å². The number of hydrogen-bond acceptors (Lipinski definition) is 4. The Bertz CT molecular complexity index is 904. The maximum atomic E-state index is 12.9. The molecule has 0 heterocycles. The van der Waals surface area contributed by atoms with Gasteiger partial charge in [0.15, 0.2) is 5.96 Å². The Labute approximate surface area is 193 Å². The largest absolute Gasteiger partial charge is 1.00 e. The number of carbonyl (C=O) groups excluding carboxylic acids is 3. The van der Waals surface area contributed by atoms with Crippen LogP contribution in [0.4, 0.5) is 0 Å². The maximum Gasteiger partial charge on any atom is 0.251 e. The van der Waals surface area contributed by atoms with Crippen molar-refractivity contribution in [1.29, 1.82) is 0 Å². The normalized spacial score (nSPS) is 11.9. The second-order valence-electron chi connectivity index (χ2n) is 6.99. The molecule has 9 nitrogen and oxygen atoms in total. The van der Waals surface area contributed by atoms with Gasteiger partial charge in [-0.15, -0.1) is 0 Å². The molecule has 0 bridgehead atoms. The number of amides is 3. The minimum Gasteiger partial charge on any atom is -1.00 e. The third kappa shape index (κ3) is 9.05. The molecule has 0 aliphatic heterocycles. The van der Waals surface area contributed by atoms with Crippen molar-refractivity contribution in [3.8, 4) is 0 Å². The monoisotopic (exact) mass is 459 g/mol. The number of rotatable bonds is 11. The van der Waals surface area contributed by atoms with Crippen LogP contribution in [-0.2, 0) is 16.0 Å². The lowest BCUT2D eigenvalue weighted by Gasteiger charge is -2.22. The molecule has 0 unspecified atom stereocenters. The molecule has 0 saturated carbocycles. The zero-order valence-electron chi connectivity index (χ0n) is 17.5. The van der Waals surface area contributed by atoms with E-state index >= 15 is 0 Å². The molecule has 3 amide bonds. The first-order valence-corrected chi connectivity index (χ1v) is 9.91. The van der Waals surface area contributed by atoms with E-state index in [2.05, 4.69) is 15.6 Å². The van der Waals surface area contributed by atoms with E-state index in [9.17, 15) is 14.4 Å². The van der Waals surface area contributed by atoms with Crippen LogP contribution in [0.5, 0.6) is 0 Å². The number of benzene rings is 2. The Hall–Kier alpha value is -3.59. The number of carbonyl (C=O) groups is 3. The second kappa shape index (κ2) is 13.7. The molecule has 32 heavy (non-hydrogen) atoms. The zero-order valence-corrected chi connectivity index (χ0v) is 18.3. The van der Waals surface area contributed by atoms with Crippen LogP contribution in [0.3, 0.4) is 0 Å². The first-order valence-electron chi connectivity index (χ1n) is 9.91. The van der Waals surface area contributed by atoms with Crippen molar-refractivity contribution in [2.75, 3.05) is 6.54 Å². The summed E-state index contributed by atoms with van der Waals surface area (Å²) >= 11 is 0. The molecular formula is C22H28ClN6O3-. The van der Waals surface area contributed by atoms with Crippen molar-refractivity contribution in [1.82, 2.24) is 10.6 Å². The van der Waals surface area contributed by atoms with E-state index in [4.69, 9.17) is 17.2 Å². The van der Waals surface area contributed by atoms with Crippen molar-refractivity contribution < 1.29 is 26.8 Å². The first kappa shape index (κ1) is 26.4. The molecule has 2 aromatic rings. The van der Waals surface area contributed by atoms with Crippen LogP contribution < -0.4 is 40.2 Å². The average molecular weight is 460 g/mol. The summed E-state index contributed by atoms with van der Waals surface area (Å²) < 4.78 is 0. The van der Waals surface area contributed by atoms with E-state index in [1.807, 2.05) is 30.3 Å². The van der Waals surface area contributed by atoms with Gasteiger partial charge in [0.05, 0.1) is 0 Å². The Balaban J connectivity index is 0.00000512. The van der Waals surface area contributed by atoms with Crippen molar-refractivity contribution in [2.24, 2.45) is 22.2 Å². The Morgan fingerprint density at radius 2 is 1.44 bits per heavy atom. The van der Waals surface area contributed by atoms with Crippen molar-refractivity contribution >= 4 is 23.7 Å². The highest BCUT2D eigenvalue weighted by Gasteiger charge is 2.26. The Morgan fingerprint density at radius 3 is 2.00 bits per heavy atom. The van der Waals surface area contributed by atoms with E-state index < -0.39 is 29.8 Å². The van der Waals surface area contributed by atoms with Gasteiger partial charge in [0, 0.05) is 18.5 Å². The summed E-state index contributed by atoms with van der Waals surface area (Å²) in [5.41, 5.74) is 17.4. The van der Waals surface area contributed by atoms with Gasteiger partial charge >= 0.3 is 0 Å². The number of nitrogens with zero attached hydrogens (tertiary/aromatic N) is 1. The smallest absolute Gasteiger partial charge is 0.251 e. The topological polar surface area (TPSA) is 166 Å². The van der Waals surface area contributed by atoms with Crippen molar-refractivity contribution in [2.45, 2.75) is 31.3 Å². The lowest BCUT2D eigenvalue weighted by molar-refractivity contribution is -0.128. The van der Waals surface area contributed by atoms with Gasteiger partial charge in [-0.3, -0.25) is 19.4 Å². The van der Waals surface area contributed by atoms with Crippen molar-refractivity contribution in [3.05, 3.63) is 71.8 Å². The van der Waals surface area contributed by atoms with Gasteiger partial charge in [0.2, 0.25) is 11.8 Å². The maximum absolute atomic E-state index is 12.9. The van der Waals surface area contributed by atoms with Crippen LogP contribution in [0.2, 0.25) is 0 Å². The lowest BCUT2D eigenvalue weighted by atomic mass is 10.0. The molecular weight excluding hydrogens is 432 g/mol. The number of nitrogens with one attached hydrogen (secondary N) is 2. The molecule has 0 fully saturated rings. The molecule has 0 saturated heterocycles. The van der Waals surface area contributed by atoms with E-state index in [-0.39, 0.29) is 31.2 Å². The summed E-state index contributed by atoms with van der Waals surface area (Å²) in [4.78, 5) is 41.3. The van der Waals surface area contributed by atoms with Gasteiger partial charge < -0.3 is 40.2 Å². The van der Waals surface area contributed by atoms with Gasteiger partial charge in [0.25, 0.3) is 5.91 Å². The standard InChI is InChI=1S/C22H28N6O3.ClH/c23-19(29)18(14-15-8-3-1-4-9-15)28-21(31)17(12-7-13-26-22(24)25)27-20(30)16-10-5-2-6-11-16;/h1-6,8-11,17-18H,7,12-14H2,(H2,23,29)(H,27,30)(H,28,31)(H4,24,25,26);1H/p-1/t17-,18-;/m0./s1. The Morgan fingerprint density at radius 1 is 0.844 bits per heavy atom. The molecule has 8 N–H and O–H groups in total. The van der Waals surface area contributed by atoms with Crippen LogP contribution in [0.25, 0.3) is 0 Å². The summed E-state index contributed by atoms with van der Waals surface area (Å²) in [6.07, 6.45) is 0.970. The third-order valence-electron chi connectivity index (χ3n) is 4.55. The highest BCUT2D eigenvalue weighted by atomic mass is 35.5. The fourth-order valence-electron chi connectivity index (χ4n) is 2.95. The Kier molecular flexibility index (Phi) is 11.3. The number of guanidine groups is 1. The summed E-state index contributed by atoms with van der Waals surface area (Å²) in [5.74, 6) is -1.62. The molecule has 0 radical (unpaired) electrons. The predicted molar refractivity (Wildman–Crippen MR) is 119 cm³/mol. The van der Waals surface area contributed by atoms with E-state index in [1.165, 1.54) is 0 Å². The third-order valence-corrected chi connectivity index (χ3v) is 4.55. The minimum atomic E-state index is -0.913. The molecule has 2 rings (SSSR count). The van der Waals surface area contributed by atoms with Gasteiger partial charge in [0.1, 0.15) is 12.1 Å². The molecule has 0 aliphatic carbocycles. The predicted octanol–water partition coefficient (Wildman–Crippen LogP) is -2.94. The summed E-state index contributed by atoms with van der Waals surface area (Å²) in [7, 11) is 0. The molecule has 0 aliphatic rings. The van der Waals surface area contributed by atoms with Crippen LogP contribution >= 0.6 is 0 Å². The van der Waals surface area contributed by atoms with Crippen LogP contribution in [0.15, 0.2) is 65.7 Å². The summed E-state index contributed by atoms with van der Waals surface area (Å²) in [5, 5.41) is 5.37. The fourth-order valence-corrected chi connectivity index (χ4v) is 2.95. The molecule has 10 heteroatoms. The first-order chi connectivity index (χ1) is 14.9. The number of hydrogen-bond donors (Lipinski definition) is 5. The number of nitrogens with two attached hydrogens (primary N) is 3. The molecule has 172 valence electrons. The molecule has 0 spiro atoms. The minimum absolute atomic E-state index is 0. The number of aliphatic imine (C=N–C) groups is 1. The van der Waals surface area contributed by atoms with Crippen LogP contribution in [0, 0.1) is 0 Å².